The molecule has 1 N–H and O–H groups in total. The molecule has 1 aromatic rings. The van der Waals surface area contributed by atoms with Crippen LogP contribution >= 0.6 is 11.8 Å². The maximum absolute atomic E-state index is 12.4. The van der Waals surface area contributed by atoms with E-state index in [1.54, 1.807) is 11.8 Å². The highest BCUT2D eigenvalue weighted by Gasteiger charge is 2.42. The lowest BCUT2D eigenvalue weighted by Gasteiger charge is -2.17. The summed E-state index contributed by atoms with van der Waals surface area (Å²) >= 11 is 1.79. The topological polar surface area (TPSA) is 29.1 Å². The molecule has 2 aliphatic rings. The summed E-state index contributed by atoms with van der Waals surface area (Å²) in [6.07, 6.45) is 7.28. The first-order valence-electron chi connectivity index (χ1n) is 7.16. The molecule has 0 heterocycles. The van der Waals surface area contributed by atoms with Crippen LogP contribution in [-0.4, -0.2) is 18.2 Å². The summed E-state index contributed by atoms with van der Waals surface area (Å²) in [6, 6.07) is 8.48. The standard InChI is InChI=1S/C16H21NOS/c1-19-10-11-3-2-4-14(9-11)16(18)17-15(12-5-6-12)13-7-8-13/h2-4,9,12-13,15H,5-8,10H2,1H3,(H,17,18). The monoisotopic (exact) mass is 275 g/mol. The van der Waals surface area contributed by atoms with Gasteiger partial charge < -0.3 is 5.32 Å². The zero-order chi connectivity index (χ0) is 13.2. The van der Waals surface area contributed by atoms with E-state index in [-0.39, 0.29) is 5.91 Å². The first kappa shape index (κ1) is 13.0. The normalized spacial score (nSPS) is 18.6. The lowest BCUT2D eigenvalue weighted by atomic mass is 10.1. The zero-order valence-electron chi connectivity index (χ0n) is 11.4. The number of carbonyl (C=O) groups excluding carboxylic acids is 1. The Hall–Kier alpha value is -0.960. The molecule has 2 aliphatic carbocycles. The fourth-order valence-electron chi connectivity index (χ4n) is 2.74. The molecule has 102 valence electrons. The largest absolute Gasteiger partial charge is 0.349 e. The molecule has 0 saturated heterocycles. The van der Waals surface area contributed by atoms with Gasteiger partial charge in [0.2, 0.25) is 0 Å². The van der Waals surface area contributed by atoms with Gasteiger partial charge in [-0.3, -0.25) is 4.79 Å². The average molecular weight is 275 g/mol. The second kappa shape index (κ2) is 5.58. The van der Waals surface area contributed by atoms with Gasteiger partial charge in [-0.05, 0) is 61.5 Å². The van der Waals surface area contributed by atoms with E-state index in [1.807, 2.05) is 18.2 Å². The fraction of sp³-hybridized carbons (Fsp3) is 0.562. The first-order chi connectivity index (χ1) is 9.28. The quantitative estimate of drug-likeness (QED) is 0.861. The summed E-state index contributed by atoms with van der Waals surface area (Å²) in [4.78, 5) is 12.4. The van der Waals surface area contributed by atoms with Crippen molar-refractivity contribution in [1.29, 1.82) is 0 Å². The van der Waals surface area contributed by atoms with Gasteiger partial charge in [-0.1, -0.05) is 12.1 Å². The second-order valence-corrected chi connectivity index (χ2v) is 6.67. The van der Waals surface area contributed by atoms with E-state index in [2.05, 4.69) is 17.6 Å². The lowest BCUT2D eigenvalue weighted by molar-refractivity contribution is 0.0926. The summed E-state index contributed by atoms with van der Waals surface area (Å²) in [5.41, 5.74) is 2.05. The van der Waals surface area contributed by atoms with Gasteiger partial charge in [0.25, 0.3) is 5.91 Å². The molecule has 0 atom stereocenters. The molecule has 19 heavy (non-hydrogen) atoms. The Morgan fingerprint density at radius 1 is 1.32 bits per heavy atom. The van der Waals surface area contributed by atoms with Crippen LogP contribution in [0.4, 0.5) is 0 Å². The van der Waals surface area contributed by atoms with E-state index in [0.717, 1.165) is 23.2 Å². The van der Waals surface area contributed by atoms with Crippen LogP contribution < -0.4 is 5.32 Å². The summed E-state index contributed by atoms with van der Waals surface area (Å²) < 4.78 is 0. The smallest absolute Gasteiger partial charge is 0.251 e. The van der Waals surface area contributed by atoms with Crippen molar-refractivity contribution in [3.8, 4) is 0 Å². The molecule has 0 spiro atoms. The van der Waals surface area contributed by atoms with Crippen LogP contribution in [-0.2, 0) is 5.75 Å². The summed E-state index contributed by atoms with van der Waals surface area (Å²) in [6.45, 7) is 0. The summed E-state index contributed by atoms with van der Waals surface area (Å²) in [7, 11) is 0. The third-order valence-electron chi connectivity index (χ3n) is 4.06. The molecular weight excluding hydrogens is 254 g/mol. The Bertz CT molecular complexity index is 454. The molecule has 0 aromatic heterocycles. The van der Waals surface area contributed by atoms with E-state index in [0.29, 0.717) is 6.04 Å². The maximum atomic E-state index is 12.4. The van der Waals surface area contributed by atoms with E-state index < -0.39 is 0 Å². The van der Waals surface area contributed by atoms with Gasteiger partial charge >= 0.3 is 0 Å². The van der Waals surface area contributed by atoms with Gasteiger partial charge in [0.05, 0.1) is 0 Å². The number of amides is 1. The second-order valence-electron chi connectivity index (χ2n) is 5.81. The highest BCUT2D eigenvalue weighted by atomic mass is 32.2. The van der Waals surface area contributed by atoms with Crippen molar-refractivity contribution in [3.63, 3.8) is 0 Å². The van der Waals surface area contributed by atoms with Crippen molar-refractivity contribution >= 4 is 17.7 Å². The van der Waals surface area contributed by atoms with Crippen molar-refractivity contribution in [1.82, 2.24) is 5.32 Å². The van der Waals surface area contributed by atoms with Gasteiger partial charge in [-0.2, -0.15) is 11.8 Å². The van der Waals surface area contributed by atoms with Crippen LogP contribution in [0.2, 0.25) is 0 Å². The first-order valence-corrected chi connectivity index (χ1v) is 8.56. The van der Waals surface area contributed by atoms with Crippen molar-refractivity contribution in [2.45, 2.75) is 37.5 Å². The molecular formula is C16H21NOS. The maximum Gasteiger partial charge on any atom is 0.251 e. The molecule has 0 unspecified atom stereocenters. The fourth-order valence-corrected chi connectivity index (χ4v) is 3.25. The van der Waals surface area contributed by atoms with Gasteiger partial charge in [-0.25, -0.2) is 0 Å². The minimum absolute atomic E-state index is 0.117. The number of hydrogen-bond donors (Lipinski definition) is 1. The van der Waals surface area contributed by atoms with Crippen LogP contribution in [0.1, 0.15) is 41.6 Å². The van der Waals surface area contributed by atoms with E-state index in [9.17, 15) is 4.79 Å². The van der Waals surface area contributed by atoms with Crippen LogP contribution in [0.5, 0.6) is 0 Å². The van der Waals surface area contributed by atoms with Crippen LogP contribution in [0.3, 0.4) is 0 Å². The van der Waals surface area contributed by atoms with Gasteiger partial charge in [0, 0.05) is 17.4 Å². The molecule has 3 rings (SSSR count). The number of carbonyl (C=O) groups is 1. The average Bonchev–Trinajstić information content (AvgIpc) is 3.29. The molecule has 0 radical (unpaired) electrons. The highest BCUT2D eigenvalue weighted by Crippen LogP contribution is 2.44. The molecule has 0 aliphatic heterocycles. The lowest BCUT2D eigenvalue weighted by Crippen LogP contribution is -2.38. The van der Waals surface area contributed by atoms with Crippen LogP contribution in [0, 0.1) is 11.8 Å². The zero-order valence-corrected chi connectivity index (χ0v) is 12.2. The number of hydrogen-bond acceptors (Lipinski definition) is 2. The van der Waals surface area contributed by atoms with Gasteiger partial charge in [-0.15, -0.1) is 0 Å². The van der Waals surface area contributed by atoms with Crippen molar-refractivity contribution in [3.05, 3.63) is 35.4 Å². The molecule has 2 nitrogen and oxygen atoms in total. The van der Waals surface area contributed by atoms with Gasteiger partial charge in [0.15, 0.2) is 0 Å². The Morgan fingerprint density at radius 2 is 2.00 bits per heavy atom. The number of thioether (sulfide) groups is 1. The minimum Gasteiger partial charge on any atom is -0.349 e. The predicted octanol–water partition coefficient (Wildman–Crippen LogP) is 3.47. The van der Waals surface area contributed by atoms with Crippen molar-refractivity contribution in [2.75, 3.05) is 6.26 Å². The highest BCUT2D eigenvalue weighted by molar-refractivity contribution is 7.97. The van der Waals surface area contributed by atoms with E-state index in [4.69, 9.17) is 0 Å². The van der Waals surface area contributed by atoms with Crippen molar-refractivity contribution < 1.29 is 4.79 Å². The summed E-state index contributed by atoms with van der Waals surface area (Å²) in [5, 5.41) is 3.28. The molecule has 2 saturated carbocycles. The Kier molecular flexibility index (Phi) is 3.83. The van der Waals surface area contributed by atoms with E-state index in [1.165, 1.54) is 31.2 Å². The Morgan fingerprint density at radius 3 is 2.58 bits per heavy atom. The Balaban J connectivity index is 1.66. The van der Waals surface area contributed by atoms with Gasteiger partial charge in [0.1, 0.15) is 0 Å². The Labute approximate surface area is 119 Å². The van der Waals surface area contributed by atoms with Crippen LogP contribution in [0.15, 0.2) is 24.3 Å². The predicted molar refractivity (Wildman–Crippen MR) is 80.4 cm³/mol. The molecule has 2 fully saturated rings. The number of nitrogens with one attached hydrogen (secondary N) is 1. The molecule has 0 bridgehead atoms. The minimum atomic E-state index is 0.117. The number of rotatable bonds is 6. The molecule has 1 amide bonds. The number of benzene rings is 1. The third-order valence-corrected chi connectivity index (χ3v) is 4.68. The third kappa shape index (κ3) is 3.33. The summed E-state index contributed by atoms with van der Waals surface area (Å²) in [5.74, 6) is 2.60. The SMILES string of the molecule is CSCc1cccc(C(=O)NC(C2CC2)C2CC2)c1. The van der Waals surface area contributed by atoms with E-state index >= 15 is 0 Å². The molecule has 3 heteroatoms. The van der Waals surface area contributed by atoms with Crippen LogP contribution in [0.25, 0.3) is 0 Å². The molecule has 1 aromatic carbocycles. The van der Waals surface area contributed by atoms with Crippen molar-refractivity contribution in [2.24, 2.45) is 11.8 Å².